The number of aromatic nitrogens is 1. The Morgan fingerprint density at radius 2 is 2.13 bits per heavy atom. The monoisotopic (exact) mass is 271 g/mol. The van der Waals surface area contributed by atoms with Crippen molar-refractivity contribution >= 4 is 15.9 Å². The van der Waals surface area contributed by atoms with Crippen molar-refractivity contribution < 1.29 is 14.0 Å². The number of nitrogens with zero attached hydrogens (tertiary/aromatic N) is 1. The van der Waals surface area contributed by atoms with Crippen LogP contribution in [-0.4, -0.2) is 10.3 Å². The van der Waals surface area contributed by atoms with E-state index in [0.717, 1.165) is 0 Å². The number of aliphatic hydroxyl groups is 1. The molecule has 0 aliphatic rings. The number of halogens is 2. The van der Waals surface area contributed by atoms with E-state index in [2.05, 4.69) is 21.1 Å². The highest BCUT2D eigenvalue weighted by atomic mass is 79.9. The molecule has 0 aliphatic heterocycles. The van der Waals surface area contributed by atoms with Crippen LogP contribution in [0.5, 0.6) is 0 Å². The first-order chi connectivity index (χ1) is 7.24. The van der Waals surface area contributed by atoms with E-state index in [9.17, 15) is 4.39 Å². The second-order valence-electron chi connectivity index (χ2n) is 2.92. The molecule has 0 atom stereocenters. The fourth-order valence-corrected chi connectivity index (χ4v) is 1.66. The molecule has 1 aromatic heterocycles. The van der Waals surface area contributed by atoms with Gasteiger partial charge in [-0.2, -0.15) is 0 Å². The first kappa shape index (κ1) is 10.3. The van der Waals surface area contributed by atoms with E-state index in [-0.39, 0.29) is 12.4 Å². The number of hydrogen-bond donors (Lipinski definition) is 1. The Morgan fingerprint density at radius 3 is 2.80 bits per heavy atom. The third-order valence-corrected chi connectivity index (χ3v) is 2.64. The Bertz CT molecular complexity index is 484. The van der Waals surface area contributed by atoms with Crippen LogP contribution in [0.15, 0.2) is 33.4 Å². The summed E-state index contributed by atoms with van der Waals surface area (Å²) in [6.45, 7) is -0.256. The molecule has 78 valence electrons. The van der Waals surface area contributed by atoms with Gasteiger partial charge in [0.2, 0.25) is 0 Å². The van der Waals surface area contributed by atoms with Gasteiger partial charge in [0.1, 0.15) is 5.82 Å². The third kappa shape index (κ3) is 1.80. The van der Waals surface area contributed by atoms with Crippen molar-refractivity contribution in [3.8, 4) is 11.3 Å². The molecule has 1 aromatic carbocycles. The van der Waals surface area contributed by atoms with E-state index in [1.165, 1.54) is 6.07 Å². The van der Waals surface area contributed by atoms with Gasteiger partial charge < -0.3 is 9.63 Å². The Morgan fingerprint density at radius 1 is 1.40 bits per heavy atom. The fourth-order valence-electron chi connectivity index (χ4n) is 1.28. The second-order valence-corrected chi connectivity index (χ2v) is 3.67. The van der Waals surface area contributed by atoms with Gasteiger partial charge in [0, 0.05) is 0 Å². The first-order valence-electron chi connectivity index (χ1n) is 4.24. The van der Waals surface area contributed by atoms with E-state index in [4.69, 9.17) is 9.63 Å². The maximum Gasteiger partial charge on any atom is 0.176 e. The van der Waals surface area contributed by atoms with Crippen LogP contribution in [0, 0.1) is 5.82 Å². The van der Waals surface area contributed by atoms with Crippen molar-refractivity contribution in [3.05, 3.63) is 40.2 Å². The minimum absolute atomic E-state index is 0.252. The summed E-state index contributed by atoms with van der Waals surface area (Å²) in [5, 5.41) is 12.7. The van der Waals surface area contributed by atoms with Gasteiger partial charge >= 0.3 is 0 Å². The highest BCUT2D eigenvalue weighted by Gasteiger charge is 2.17. The molecule has 1 heterocycles. The van der Waals surface area contributed by atoms with Gasteiger partial charge in [0.05, 0.1) is 17.7 Å². The van der Waals surface area contributed by atoms with Crippen LogP contribution >= 0.6 is 15.9 Å². The highest BCUT2D eigenvalue weighted by molar-refractivity contribution is 9.10. The molecule has 0 amide bonds. The largest absolute Gasteiger partial charge is 0.391 e. The number of hydrogen-bond acceptors (Lipinski definition) is 3. The Hall–Kier alpha value is -1.20. The van der Waals surface area contributed by atoms with E-state index in [1.807, 2.05) is 0 Å². The lowest BCUT2D eigenvalue weighted by Crippen LogP contribution is -1.88. The van der Waals surface area contributed by atoms with E-state index in [0.29, 0.717) is 15.7 Å². The number of benzene rings is 1. The van der Waals surface area contributed by atoms with Crippen LogP contribution in [0.2, 0.25) is 0 Å². The van der Waals surface area contributed by atoms with Crippen LogP contribution in [0.4, 0.5) is 4.39 Å². The van der Waals surface area contributed by atoms with Crippen molar-refractivity contribution in [2.75, 3.05) is 0 Å². The van der Waals surface area contributed by atoms with Crippen LogP contribution in [0.3, 0.4) is 0 Å². The second kappa shape index (κ2) is 4.12. The molecule has 5 heteroatoms. The molecule has 0 saturated heterocycles. The molecule has 15 heavy (non-hydrogen) atoms. The smallest absolute Gasteiger partial charge is 0.176 e. The quantitative estimate of drug-likeness (QED) is 0.914. The molecule has 0 radical (unpaired) electrons. The van der Waals surface area contributed by atoms with Crippen LogP contribution in [0.1, 0.15) is 5.56 Å². The minimum atomic E-state index is -0.407. The van der Waals surface area contributed by atoms with Crippen molar-refractivity contribution in [2.45, 2.75) is 6.61 Å². The van der Waals surface area contributed by atoms with Gasteiger partial charge in [0.15, 0.2) is 10.4 Å². The average molecular weight is 272 g/mol. The van der Waals surface area contributed by atoms with E-state index >= 15 is 0 Å². The fraction of sp³-hybridized carbons (Fsp3) is 0.100. The molecule has 0 bridgehead atoms. The normalized spacial score (nSPS) is 10.6. The molecule has 0 saturated carbocycles. The molecule has 0 spiro atoms. The maximum atomic E-state index is 13.4. The number of rotatable bonds is 2. The van der Waals surface area contributed by atoms with Crippen molar-refractivity contribution in [3.63, 3.8) is 0 Å². The highest BCUT2D eigenvalue weighted by Crippen LogP contribution is 2.30. The summed E-state index contributed by atoms with van der Waals surface area (Å²) in [6, 6.07) is 6.17. The summed E-state index contributed by atoms with van der Waals surface area (Å²) in [5.41, 5.74) is 0.736. The van der Waals surface area contributed by atoms with Crippen LogP contribution in [-0.2, 0) is 6.61 Å². The average Bonchev–Trinajstić information content (AvgIpc) is 2.60. The number of aliphatic hydroxyl groups excluding tert-OH is 1. The summed E-state index contributed by atoms with van der Waals surface area (Å²) in [6.07, 6.45) is 0. The summed E-state index contributed by atoms with van der Waals surface area (Å²) < 4.78 is 18.8. The van der Waals surface area contributed by atoms with Gasteiger partial charge in [-0.1, -0.05) is 17.3 Å². The molecule has 2 aromatic rings. The van der Waals surface area contributed by atoms with E-state index in [1.54, 1.807) is 18.2 Å². The Balaban J connectivity index is 2.59. The lowest BCUT2D eigenvalue weighted by Gasteiger charge is -1.99. The van der Waals surface area contributed by atoms with Gasteiger partial charge in [-0.15, -0.1) is 0 Å². The predicted molar refractivity (Wildman–Crippen MR) is 55.5 cm³/mol. The third-order valence-electron chi connectivity index (χ3n) is 2.02. The van der Waals surface area contributed by atoms with Crippen molar-refractivity contribution in [2.24, 2.45) is 0 Å². The summed E-state index contributed by atoms with van der Waals surface area (Å²) in [5.74, 6) is -0.154. The van der Waals surface area contributed by atoms with Gasteiger partial charge in [0.25, 0.3) is 0 Å². The molecule has 3 nitrogen and oxygen atoms in total. The summed E-state index contributed by atoms with van der Waals surface area (Å²) in [7, 11) is 0. The summed E-state index contributed by atoms with van der Waals surface area (Å²) in [4.78, 5) is 0. The van der Waals surface area contributed by atoms with Crippen molar-refractivity contribution in [1.82, 2.24) is 5.16 Å². The van der Waals surface area contributed by atoms with E-state index < -0.39 is 5.82 Å². The zero-order valence-corrected chi connectivity index (χ0v) is 9.16. The Labute approximate surface area is 93.6 Å². The van der Waals surface area contributed by atoms with Crippen LogP contribution < -0.4 is 0 Å². The van der Waals surface area contributed by atoms with Gasteiger partial charge in [-0.3, -0.25) is 0 Å². The lowest BCUT2D eigenvalue weighted by molar-refractivity contribution is 0.280. The molecule has 0 unspecified atom stereocenters. The maximum absolute atomic E-state index is 13.4. The SMILES string of the molecule is OCc1c(Br)noc1-c1ccccc1F. The zero-order valence-electron chi connectivity index (χ0n) is 7.58. The van der Waals surface area contributed by atoms with Crippen LogP contribution in [0.25, 0.3) is 11.3 Å². The summed E-state index contributed by atoms with van der Waals surface area (Å²) >= 11 is 3.11. The molecule has 0 fully saturated rings. The molecule has 0 aliphatic carbocycles. The minimum Gasteiger partial charge on any atom is -0.391 e. The lowest BCUT2D eigenvalue weighted by atomic mass is 10.1. The first-order valence-corrected chi connectivity index (χ1v) is 5.03. The molecule has 2 rings (SSSR count). The van der Waals surface area contributed by atoms with Gasteiger partial charge in [-0.25, -0.2) is 4.39 Å². The molecular weight excluding hydrogens is 265 g/mol. The standard InChI is InChI=1S/C10H7BrFNO2/c11-10-7(5-14)9(15-13-10)6-3-1-2-4-8(6)12/h1-4,14H,5H2. The zero-order chi connectivity index (χ0) is 10.8. The topological polar surface area (TPSA) is 46.3 Å². The Kier molecular flexibility index (Phi) is 2.83. The predicted octanol–water partition coefficient (Wildman–Crippen LogP) is 2.74. The molecular formula is C10H7BrFNO2. The molecule has 1 N–H and O–H groups in total. The van der Waals surface area contributed by atoms with Crippen molar-refractivity contribution in [1.29, 1.82) is 0 Å². The van der Waals surface area contributed by atoms with Gasteiger partial charge in [-0.05, 0) is 28.1 Å².